The Balaban J connectivity index is 1.94. The summed E-state index contributed by atoms with van der Waals surface area (Å²) in [5.41, 5.74) is 2.46. The van der Waals surface area contributed by atoms with Crippen molar-refractivity contribution in [3.05, 3.63) is 66.5 Å². The second-order valence-electron chi connectivity index (χ2n) is 8.64. The highest BCUT2D eigenvalue weighted by Crippen LogP contribution is 2.21. The van der Waals surface area contributed by atoms with Crippen LogP contribution >= 0.6 is 0 Å². The summed E-state index contributed by atoms with van der Waals surface area (Å²) in [5, 5.41) is 4.65. The maximum Gasteiger partial charge on any atom is 0.349 e. The molecule has 3 aromatic rings. The Kier molecular flexibility index (Phi) is 6.98. The van der Waals surface area contributed by atoms with Crippen LogP contribution in [0.4, 0.5) is 5.69 Å². The minimum absolute atomic E-state index is 0.0820. The van der Waals surface area contributed by atoms with Gasteiger partial charge in [-0.2, -0.15) is 0 Å². The number of aromatic nitrogens is 2. The maximum atomic E-state index is 12.5. The molecule has 1 aromatic heterocycles. The molecule has 0 spiro atoms. The third kappa shape index (κ3) is 5.97. The van der Waals surface area contributed by atoms with Crippen molar-refractivity contribution in [1.82, 2.24) is 4.68 Å². The minimum Gasteiger partial charge on any atom is -0.497 e. The normalized spacial score (nSPS) is 11.6. The molecule has 0 saturated carbocycles. The van der Waals surface area contributed by atoms with Crippen LogP contribution < -0.4 is 14.2 Å². The van der Waals surface area contributed by atoms with E-state index >= 15 is 0 Å². The fourth-order valence-electron chi connectivity index (χ4n) is 3.18. The highest BCUT2D eigenvalue weighted by atomic mass is 16.6. The number of hydrogen-bond donors (Lipinski definition) is 0. The van der Waals surface area contributed by atoms with Crippen LogP contribution in [0.5, 0.6) is 5.75 Å². The number of rotatable bonds is 7. The third-order valence-corrected chi connectivity index (χ3v) is 4.69. The van der Waals surface area contributed by atoms with Crippen LogP contribution in [0.15, 0.2) is 66.0 Å². The first-order valence-electron chi connectivity index (χ1n) is 10.4. The molecule has 3 rings (SSSR count). The van der Waals surface area contributed by atoms with Crippen molar-refractivity contribution in [2.24, 2.45) is 5.10 Å². The summed E-state index contributed by atoms with van der Waals surface area (Å²) in [7, 11) is 5.65. The average molecular weight is 436 g/mol. The van der Waals surface area contributed by atoms with Gasteiger partial charge < -0.3 is 14.4 Å². The zero-order valence-corrected chi connectivity index (χ0v) is 19.6. The zero-order valence-electron chi connectivity index (χ0n) is 19.6. The molecule has 0 saturated heterocycles. The Morgan fingerprint density at radius 2 is 1.75 bits per heavy atom. The van der Waals surface area contributed by atoms with Gasteiger partial charge >= 0.3 is 11.8 Å². The molecule has 2 aromatic carbocycles. The SMILES string of the molecule is COc1ccc(-c2n(/N=C\c3ccc(N(C)C)cc3)cc[n+]2CC(=O)OC(C)(C)C)cc1. The zero-order chi connectivity index (χ0) is 23.3. The number of esters is 1. The molecular weight excluding hydrogens is 404 g/mol. The molecule has 0 aliphatic rings. The van der Waals surface area contributed by atoms with Crippen LogP contribution in [0, 0.1) is 0 Å². The molecule has 0 aliphatic carbocycles. The Morgan fingerprint density at radius 1 is 1.09 bits per heavy atom. The number of methoxy groups -OCH3 is 1. The summed E-state index contributed by atoms with van der Waals surface area (Å²) in [5.74, 6) is 1.22. The van der Waals surface area contributed by atoms with E-state index in [1.165, 1.54) is 0 Å². The van der Waals surface area contributed by atoms with E-state index in [4.69, 9.17) is 9.47 Å². The summed E-state index contributed by atoms with van der Waals surface area (Å²) < 4.78 is 14.4. The van der Waals surface area contributed by atoms with Crippen LogP contribution in [-0.4, -0.2) is 43.7 Å². The summed E-state index contributed by atoms with van der Waals surface area (Å²) >= 11 is 0. The van der Waals surface area contributed by atoms with Gasteiger partial charge in [-0.15, -0.1) is 4.68 Å². The summed E-state index contributed by atoms with van der Waals surface area (Å²) in [6, 6.07) is 15.8. The van der Waals surface area contributed by atoms with Gasteiger partial charge in [0.25, 0.3) is 0 Å². The van der Waals surface area contributed by atoms with E-state index in [1.54, 1.807) is 18.0 Å². The first-order valence-corrected chi connectivity index (χ1v) is 10.4. The number of benzene rings is 2. The average Bonchev–Trinajstić information content (AvgIpc) is 3.13. The van der Waals surface area contributed by atoms with Gasteiger partial charge in [-0.25, -0.2) is 9.36 Å². The van der Waals surface area contributed by atoms with Gasteiger partial charge in [0, 0.05) is 19.8 Å². The predicted octanol–water partition coefficient (Wildman–Crippen LogP) is 3.74. The molecule has 1 heterocycles. The Morgan fingerprint density at radius 3 is 2.31 bits per heavy atom. The summed E-state index contributed by atoms with van der Waals surface area (Å²) in [6.45, 7) is 5.66. The van der Waals surface area contributed by atoms with E-state index in [9.17, 15) is 4.79 Å². The van der Waals surface area contributed by atoms with E-state index in [1.807, 2.05) is 105 Å². The van der Waals surface area contributed by atoms with Crippen molar-refractivity contribution >= 4 is 17.9 Å². The van der Waals surface area contributed by atoms with Gasteiger partial charge in [0.2, 0.25) is 0 Å². The van der Waals surface area contributed by atoms with Gasteiger partial charge in [0.15, 0.2) is 12.7 Å². The van der Waals surface area contributed by atoms with Crippen LogP contribution in [0.2, 0.25) is 0 Å². The van der Waals surface area contributed by atoms with E-state index in [-0.39, 0.29) is 12.5 Å². The minimum atomic E-state index is -0.544. The van der Waals surface area contributed by atoms with Crippen molar-refractivity contribution in [3.8, 4) is 17.1 Å². The van der Waals surface area contributed by atoms with Crippen LogP contribution in [-0.2, 0) is 16.1 Å². The van der Waals surface area contributed by atoms with Crippen molar-refractivity contribution in [1.29, 1.82) is 0 Å². The van der Waals surface area contributed by atoms with Crippen molar-refractivity contribution in [2.75, 3.05) is 26.1 Å². The molecule has 0 radical (unpaired) electrons. The lowest BCUT2D eigenvalue weighted by molar-refractivity contribution is -0.674. The lowest BCUT2D eigenvalue weighted by Gasteiger charge is -2.18. The highest BCUT2D eigenvalue weighted by molar-refractivity contribution is 5.80. The summed E-state index contributed by atoms with van der Waals surface area (Å²) in [6.07, 6.45) is 5.45. The topological polar surface area (TPSA) is 59.9 Å². The molecule has 0 bridgehead atoms. The molecule has 168 valence electrons. The number of carbonyl (C=O) groups is 1. The second kappa shape index (κ2) is 9.68. The van der Waals surface area contributed by atoms with Crippen LogP contribution in [0.3, 0.4) is 0 Å². The number of anilines is 1. The van der Waals surface area contributed by atoms with Crippen LogP contribution in [0.25, 0.3) is 11.4 Å². The van der Waals surface area contributed by atoms with Crippen molar-refractivity contribution in [2.45, 2.75) is 32.9 Å². The molecule has 32 heavy (non-hydrogen) atoms. The molecule has 0 N–H and O–H groups in total. The first-order chi connectivity index (χ1) is 15.2. The van der Waals surface area contributed by atoms with Gasteiger partial charge in [-0.1, -0.05) is 17.2 Å². The molecule has 7 nitrogen and oxygen atoms in total. The third-order valence-electron chi connectivity index (χ3n) is 4.69. The second-order valence-corrected chi connectivity index (χ2v) is 8.64. The quantitative estimate of drug-likeness (QED) is 0.322. The molecule has 0 atom stereocenters. The Bertz CT molecular complexity index is 1080. The van der Waals surface area contributed by atoms with Crippen molar-refractivity contribution < 1.29 is 18.8 Å². The van der Waals surface area contributed by atoms with Gasteiger partial charge in [0.1, 0.15) is 17.5 Å². The molecule has 0 amide bonds. The standard InChI is InChI=1S/C25H31N4O3/c1-25(2,3)32-23(30)18-28-15-16-29(24(28)20-9-13-22(31-6)14-10-20)26-17-19-7-11-21(12-8-19)27(4)5/h7-17H,18H2,1-6H3/q+1/b26-17-. The van der Waals surface area contributed by atoms with E-state index < -0.39 is 5.60 Å². The number of nitrogens with zero attached hydrogens (tertiary/aromatic N) is 4. The highest BCUT2D eigenvalue weighted by Gasteiger charge is 2.24. The monoisotopic (exact) mass is 435 g/mol. The number of ether oxygens (including phenoxy) is 2. The lowest BCUT2D eigenvalue weighted by atomic mass is 10.2. The predicted molar refractivity (Wildman–Crippen MR) is 126 cm³/mol. The molecule has 0 fully saturated rings. The lowest BCUT2D eigenvalue weighted by Crippen LogP contribution is -2.41. The summed E-state index contributed by atoms with van der Waals surface area (Å²) in [4.78, 5) is 14.5. The number of imidazole rings is 1. The van der Waals surface area contributed by atoms with Gasteiger partial charge in [-0.3, -0.25) is 0 Å². The van der Waals surface area contributed by atoms with Gasteiger partial charge in [-0.05, 0) is 62.7 Å². The molecule has 7 heteroatoms. The smallest absolute Gasteiger partial charge is 0.349 e. The maximum absolute atomic E-state index is 12.5. The molecule has 0 unspecified atom stereocenters. The first kappa shape index (κ1) is 23.1. The van der Waals surface area contributed by atoms with Crippen molar-refractivity contribution in [3.63, 3.8) is 0 Å². The number of hydrogen-bond acceptors (Lipinski definition) is 5. The Hall–Kier alpha value is -3.61. The van der Waals surface area contributed by atoms with E-state index in [0.29, 0.717) is 0 Å². The van der Waals surface area contributed by atoms with E-state index in [0.717, 1.165) is 28.4 Å². The largest absolute Gasteiger partial charge is 0.497 e. The Labute approximate surface area is 189 Å². The fourth-order valence-corrected chi connectivity index (χ4v) is 3.18. The van der Waals surface area contributed by atoms with Crippen LogP contribution in [0.1, 0.15) is 26.3 Å². The van der Waals surface area contributed by atoms with Gasteiger partial charge in [0.05, 0.1) is 18.9 Å². The molecule has 0 aliphatic heterocycles. The fraction of sp³-hybridized carbons (Fsp3) is 0.320. The van der Waals surface area contributed by atoms with E-state index in [2.05, 4.69) is 5.10 Å². The molecular formula is C25H31N4O3+. The number of carbonyl (C=O) groups excluding carboxylic acids is 1.